The summed E-state index contributed by atoms with van der Waals surface area (Å²) >= 11 is 0. The van der Waals surface area contributed by atoms with Gasteiger partial charge in [-0.15, -0.1) is 0 Å². The summed E-state index contributed by atoms with van der Waals surface area (Å²) in [4.78, 5) is 10.3. The van der Waals surface area contributed by atoms with Gasteiger partial charge in [0.25, 0.3) is 0 Å². The normalized spacial score (nSPS) is 28.7. The van der Waals surface area contributed by atoms with Crippen molar-refractivity contribution >= 4 is 5.97 Å². The molecule has 2 atom stereocenters. The van der Waals surface area contributed by atoms with Crippen LogP contribution in [0.5, 0.6) is 0 Å². The Hall–Kier alpha value is -0.710. The molecular formula is C8H13F2NO2. The summed E-state index contributed by atoms with van der Waals surface area (Å²) in [5.41, 5.74) is 5.49. The van der Waals surface area contributed by atoms with E-state index in [2.05, 4.69) is 0 Å². The van der Waals surface area contributed by atoms with Crippen LogP contribution in [0.3, 0.4) is 0 Å². The summed E-state index contributed by atoms with van der Waals surface area (Å²) in [5, 5.41) is 8.41. The summed E-state index contributed by atoms with van der Waals surface area (Å²) < 4.78 is 25.4. The average Bonchev–Trinajstić information content (AvgIpc) is 2.28. The van der Waals surface area contributed by atoms with Gasteiger partial charge < -0.3 is 10.8 Å². The minimum atomic E-state index is -2.64. The lowest BCUT2D eigenvalue weighted by Crippen LogP contribution is -2.31. The third-order valence-corrected chi connectivity index (χ3v) is 2.46. The number of carbonyl (C=O) groups is 1. The minimum absolute atomic E-state index is 0.162. The third kappa shape index (κ3) is 2.91. The fourth-order valence-corrected chi connectivity index (χ4v) is 1.72. The Balaban J connectivity index is 2.42. The Morgan fingerprint density at radius 3 is 2.69 bits per heavy atom. The lowest BCUT2D eigenvalue weighted by Gasteiger charge is -2.16. The van der Waals surface area contributed by atoms with E-state index in [1.165, 1.54) is 0 Å². The Labute approximate surface area is 74.9 Å². The zero-order chi connectivity index (χ0) is 10.1. The van der Waals surface area contributed by atoms with E-state index in [1.54, 1.807) is 0 Å². The van der Waals surface area contributed by atoms with Crippen molar-refractivity contribution in [2.75, 3.05) is 0 Å². The summed E-state index contributed by atoms with van der Waals surface area (Å²) in [6.07, 6.45) is -0.311. The Bertz CT molecular complexity index is 208. The van der Waals surface area contributed by atoms with E-state index in [4.69, 9.17) is 10.8 Å². The number of halogens is 2. The SMILES string of the molecule is NC(CC(=O)O)C1CCC(F)(F)C1. The molecule has 3 N–H and O–H groups in total. The van der Waals surface area contributed by atoms with Crippen LogP contribution < -0.4 is 5.73 Å². The summed E-state index contributed by atoms with van der Waals surface area (Å²) in [5.74, 6) is -4.00. The zero-order valence-electron chi connectivity index (χ0n) is 7.17. The molecule has 0 aromatic heterocycles. The Kier molecular flexibility index (Phi) is 2.85. The second kappa shape index (κ2) is 3.57. The Morgan fingerprint density at radius 2 is 2.31 bits per heavy atom. The summed E-state index contributed by atoms with van der Waals surface area (Å²) in [6.45, 7) is 0. The van der Waals surface area contributed by atoms with Gasteiger partial charge in [0, 0.05) is 18.9 Å². The molecule has 0 amide bonds. The molecule has 13 heavy (non-hydrogen) atoms. The molecule has 0 aromatic rings. The van der Waals surface area contributed by atoms with E-state index in [0.717, 1.165) is 0 Å². The summed E-state index contributed by atoms with van der Waals surface area (Å²) in [6, 6.07) is -0.633. The van der Waals surface area contributed by atoms with Crippen LogP contribution in [0.1, 0.15) is 25.7 Å². The maximum absolute atomic E-state index is 12.7. The molecule has 1 rings (SSSR count). The van der Waals surface area contributed by atoms with Crippen LogP contribution in [0.2, 0.25) is 0 Å². The molecule has 1 saturated carbocycles. The fourth-order valence-electron chi connectivity index (χ4n) is 1.72. The number of nitrogens with two attached hydrogens (primary N) is 1. The first-order chi connectivity index (χ1) is 5.91. The van der Waals surface area contributed by atoms with E-state index < -0.39 is 17.9 Å². The molecule has 76 valence electrons. The van der Waals surface area contributed by atoms with Crippen molar-refractivity contribution in [1.29, 1.82) is 0 Å². The Morgan fingerprint density at radius 1 is 1.69 bits per heavy atom. The molecule has 0 aromatic carbocycles. The number of carboxylic acid groups (broad SMARTS) is 1. The van der Waals surface area contributed by atoms with Crippen molar-refractivity contribution < 1.29 is 18.7 Å². The largest absolute Gasteiger partial charge is 0.481 e. The number of carboxylic acids is 1. The van der Waals surface area contributed by atoms with Crippen molar-refractivity contribution in [3.63, 3.8) is 0 Å². The molecule has 0 aliphatic heterocycles. The van der Waals surface area contributed by atoms with Crippen LogP contribution in [0.4, 0.5) is 8.78 Å². The van der Waals surface area contributed by atoms with Gasteiger partial charge in [-0.25, -0.2) is 8.78 Å². The second-order valence-electron chi connectivity index (χ2n) is 3.62. The molecule has 0 spiro atoms. The molecule has 0 heterocycles. The lowest BCUT2D eigenvalue weighted by atomic mass is 9.96. The van der Waals surface area contributed by atoms with Crippen LogP contribution in [0.25, 0.3) is 0 Å². The van der Waals surface area contributed by atoms with Crippen molar-refractivity contribution in [1.82, 2.24) is 0 Å². The standard InChI is InChI=1S/C8H13F2NO2/c9-8(10)2-1-5(4-8)6(11)3-7(12)13/h5-6H,1-4,11H2,(H,12,13). The average molecular weight is 193 g/mol. The quantitative estimate of drug-likeness (QED) is 0.708. The number of hydrogen-bond donors (Lipinski definition) is 2. The van der Waals surface area contributed by atoms with E-state index >= 15 is 0 Å². The van der Waals surface area contributed by atoms with E-state index in [-0.39, 0.29) is 25.2 Å². The molecule has 1 aliphatic carbocycles. The molecule has 1 fully saturated rings. The van der Waals surface area contributed by atoms with Crippen molar-refractivity contribution in [2.24, 2.45) is 11.7 Å². The van der Waals surface area contributed by atoms with E-state index in [1.807, 2.05) is 0 Å². The van der Waals surface area contributed by atoms with Gasteiger partial charge in [0.1, 0.15) is 0 Å². The highest BCUT2D eigenvalue weighted by atomic mass is 19.3. The fraction of sp³-hybridized carbons (Fsp3) is 0.875. The van der Waals surface area contributed by atoms with Gasteiger partial charge in [-0.3, -0.25) is 4.79 Å². The predicted octanol–water partition coefficient (Wildman–Crippen LogP) is 1.22. The van der Waals surface area contributed by atoms with Gasteiger partial charge in [0.2, 0.25) is 5.92 Å². The van der Waals surface area contributed by atoms with Crippen LogP contribution in [0.15, 0.2) is 0 Å². The molecule has 3 nitrogen and oxygen atoms in total. The van der Waals surface area contributed by atoms with Crippen LogP contribution in [-0.4, -0.2) is 23.0 Å². The number of alkyl halides is 2. The highest BCUT2D eigenvalue weighted by molar-refractivity contribution is 5.67. The maximum atomic E-state index is 12.7. The summed E-state index contributed by atoms with van der Waals surface area (Å²) in [7, 11) is 0. The van der Waals surface area contributed by atoms with Crippen LogP contribution in [-0.2, 0) is 4.79 Å². The first-order valence-electron chi connectivity index (χ1n) is 4.26. The molecule has 5 heteroatoms. The number of rotatable bonds is 3. The first-order valence-corrected chi connectivity index (χ1v) is 4.26. The minimum Gasteiger partial charge on any atom is -0.481 e. The monoisotopic (exact) mass is 193 g/mol. The van der Waals surface area contributed by atoms with Gasteiger partial charge >= 0.3 is 5.97 Å². The van der Waals surface area contributed by atoms with Crippen molar-refractivity contribution in [3.8, 4) is 0 Å². The number of aliphatic carboxylic acids is 1. The molecular weight excluding hydrogens is 180 g/mol. The van der Waals surface area contributed by atoms with E-state index in [9.17, 15) is 13.6 Å². The molecule has 0 radical (unpaired) electrons. The lowest BCUT2D eigenvalue weighted by molar-refractivity contribution is -0.137. The zero-order valence-corrected chi connectivity index (χ0v) is 7.17. The molecule has 0 saturated heterocycles. The molecule has 0 bridgehead atoms. The van der Waals surface area contributed by atoms with Crippen LogP contribution >= 0.6 is 0 Å². The maximum Gasteiger partial charge on any atom is 0.304 e. The molecule has 1 aliphatic rings. The second-order valence-corrected chi connectivity index (χ2v) is 3.62. The third-order valence-electron chi connectivity index (χ3n) is 2.46. The van der Waals surface area contributed by atoms with Gasteiger partial charge in [0.15, 0.2) is 0 Å². The highest BCUT2D eigenvalue weighted by Crippen LogP contribution is 2.40. The van der Waals surface area contributed by atoms with E-state index in [0.29, 0.717) is 6.42 Å². The van der Waals surface area contributed by atoms with Crippen molar-refractivity contribution in [3.05, 3.63) is 0 Å². The topological polar surface area (TPSA) is 63.3 Å². The van der Waals surface area contributed by atoms with Gasteiger partial charge in [-0.1, -0.05) is 0 Å². The highest BCUT2D eigenvalue weighted by Gasteiger charge is 2.41. The van der Waals surface area contributed by atoms with Gasteiger partial charge in [-0.2, -0.15) is 0 Å². The van der Waals surface area contributed by atoms with Gasteiger partial charge in [-0.05, 0) is 12.3 Å². The predicted molar refractivity (Wildman–Crippen MR) is 42.5 cm³/mol. The first kappa shape index (κ1) is 10.4. The van der Waals surface area contributed by atoms with Crippen LogP contribution in [0, 0.1) is 5.92 Å². The smallest absolute Gasteiger partial charge is 0.304 e. The van der Waals surface area contributed by atoms with Gasteiger partial charge in [0.05, 0.1) is 6.42 Å². The van der Waals surface area contributed by atoms with Crippen molar-refractivity contribution in [2.45, 2.75) is 37.6 Å². The number of hydrogen-bond acceptors (Lipinski definition) is 2. The molecule has 2 unspecified atom stereocenters.